The average molecular weight is 449 g/mol. The number of benzene rings is 4. The highest BCUT2D eigenvalue weighted by molar-refractivity contribution is 7.85. The van der Waals surface area contributed by atoms with E-state index in [1.165, 1.54) is 0 Å². The van der Waals surface area contributed by atoms with E-state index in [9.17, 15) is 0 Å². The number of nitrogens with zero attached hydrogens (tertiary/aromatic N) is 2. The molecule has 5 aromatic rings. The molecule has 162 valence electrons. The summed E-state index contributed by atoms with van der Waals surface area (Å²) < 4.78 is 15.1. The van der Waals surface area contributed by atoms with Gasteiger partial charge in [0.05, 0.1) is 22.4 Å². The third kappa shape index (κ3) is 3.59. The van der Waals surface area contributed by atoms with Gasteiger partial charge < -0.3 is 4.57 Å². The number of aromatic nitrogens is 2. The van der Waals surface area contributed by atoms with Gasteiger partial charge in [0, 0.05) is 21.5 Å². The fourth-order valence-corrected chi connectivity index (χ4v) is 7.20. The van der Waals surface area contributed by atoms with Gasteiger partial charge in [0.1, 0.15) is 0 Å². The Hall–Kier alpha value is -3.55. The van der Waals surface area contributed by atoms with Crippen LogP contribution in [-0.2, 0) is 4.57 Å². The van der Waals surface area contributed by atoms with Crippen LogP contribution in [0.25, 0.3) is 22.2 Å². The summed E-state index contributed by atoms with van der Waals surface area (Å²) in [5.74, 6) is 0. The average Bonchev–Trinajstić information content (AvgIpc) is 2.86. The van der Waals surface area contributed by atoms with Crippen molar-refractivity contribution in [2.75, 3.05) is 0 Å². The highest BCUT2D eigenvalue weighted by atomic mass is 31.2. The van der Waals surface area contributed by atoms with Gasteiger partial charge in [-0.25, -0.2) is 9.97 Å². The molecule has 0 aliphatic rings. The molecule has 0 bridgehead atoms. The summed E-state index contributed by atoms with van der Waals surface area (Å²) in [6.07, 6.45) is 0. The van der Waals surface area contributed by atoms with Crippen LogP contribution in [0, 0.1) is 20.8 Å². The van der Waals surface area contributed by atoms with Crippen LogP contribution in [-0.4, -0.2) is 9.97 Å². The van der Waals surface area contributed by atoms with Gasteiger partial charge in [-0.1, -0.05) is 97.1 Å². The predicted molar refractivity (Wildman–Crippen MR) is 139 cm³/mol. The van der Waals surface area contributed by atoms with E-state index in [-0.39, 0.29) is 0 Å². The van der Waals surface area contributed by atoms with Crippen LogP contribution >= 0.6 is 7.14 Å². The molecule has 0 N–H and O–H groups in total. The first-order valence-corrected chi connectivity index (χ1v) is 12.8. The molecule has 0 atom stereocenters. The Bertz CT molecular complexity index is 1470. The van der Waals surface area contributed by atoms with E-state index in [0.29, 0.717) is 0 Å². The smallest absolute Gasteiger partial charge is 0.171 e. The van der Waals surface area contributed by atoms with Crippen molar-refractivity contribution in [3.8, 4) is 11.1 Å². The lowest BCUT2D eigenvalue weighted by Crippen LogP contribution is -2.26. The van der Waals surface area contributed by atoms with Gasteiger partial charge in [-0.2, -0.15) is 0 Å². The van der Waals surface area contributed by atoms with E-state index < -0.39 is 7.14 Å². The summed E-state index contributed by atoms with van der Waals surface area (Å²) in [6.45, 7) is 6.03. The summed E-state index contributed by atoms with van der Waals surface area (Å²) in [5.41, 5.74) is 6.52. The Morgan fingerprint density at radius 3 is 1.67 bits per heavy atom. The topological polar surface area (TPSA) is 42.9 Å². The SMILES string of the molecule is Cc1nc2c(C)ccc(-c3ccccc3P(=O)(c3ccccc3)c3ccccc3)c2nc1C. The van der Waals surface area contributed by atoms with Crippen molar-refractivity contribution >= 4 is 34.1 Å². The zero-order valence-electron chi connectivity index (χ0n) is 19.0. The van der Waals surface area contributed by atoms with Gasteiger partial charge in [0.15, 0.2) is 7.14 Å². The maximum Gasteiger partial charge on any atom is 0.171 e. The summed E-state index contributed by atoms with van der Waals surface area (Å²) >= 11 is 0. The Balaban J connectivity index is 1.86. The van der Waals surface area contributed by atoms with Gasteiger partial charge in [-0.05, 0) is 31.9 Å². The molecular formula is C29H25N2OP. The Morgan fingerprint density at radius 1 is 0.545 bits per heavy atom. The van der Waals surface area contributed by atoms with Gasteiger partial charge >= 0.3 is 0 Å². The van der Waals surface area contributed by atoms with E-state index in [0.717, 1.165) is 55.0 Å². The lowest BCUT2D eigenvalue weighted by atomic mass is 10.0. The largest absolute Gasteiger partial charge is 0.309 e. The van der Waals surface area contributed by atoms with Crippen molar-refractivity contribution in [2.24, 2.45) is 0 Å². The van der Waals surface area contributed by atoms with Crippen molar-refractivity contribution in [3.05, 3.63) is 114 Å². The van der Waals surface area contributed by atoms with Crippen molar-refractivity contribution in [3.63, 3.8) is 0 Å². The van der Waals surface area contributed by atoms with Crippen LogP contribution < -0.4 is 15.9 Å². The minimum absolute atomic E-state index is 0.813. The molecule has 0 fully saturated rings. The second-order valence-corrected chi connectivity index (χ2v) is 11.1. The molecule has 0 amide bonds. The highest BCUT2D eigenvalue weighted by Crippen LogP contribution is 2.45. The molecule has 4 aromatic carbocycles. The van der Waals surface area contributed by atoms with Crippen molar-refractivity contribution in [1.82, 2.24) is 9.97 Å². The van der Waals surface area contributed by atoms with Crippen LogP contribution in [0.15, 0.2) is 97.1 Å². The summed E-state index contributed by atoms with van der Waals surface area (Å²) in [5, 5.41) is 2.45. The second kappa shape index (κ2) is 8.42. The van der Waals surface area contributed by atoms with E-state index in [1.807, 2.05) is 92.7 Å². The maximum absolute atomic E-state index is 15.1. The molecule has 0 aliphatic carbocycles. The monoisotopic (exact) mass is 448 g/mol. The zero-order valence-corrected chi connectivity index (χ0v) is 19.9. The van der Waals surface area contributed by atoms with Gasteiger partial charge in [-0.15, -0.1) is 0 Å². The highest BCUT2D eigenvalue weighted by Gasteiger charge is 2.32. The molecule has 0 spiro atoms. The molecule has 0 unspecified atom stereocenters. The van der Waals surface area contributed by atoms with Crippen LogP contribution in [0.5, 0.6) is 0 Å². The third-order valence-corrected chi connectivity index (χ3v) is 9.33. The fraction of sp³-hybridized carbons (Fsp3) is 0.103. The van der Waals surface area contributed by atoms with E-state index in [1.54, 1.807) is 0 Å². The van der Waals surface area contributed by atoms with E-state index in [4.69, 9.17) is 9.97 Å². The van der Waals surface area contributed by atoms with E-state index >= 15 is 4.57 Å². The summed E-state index contributed by atoms with van der Waals surface area (Å²) in [7, 11) is -3.14. The second-order valence-electron chi connectivity index (χ2n) is 8.32. The minimum atomic E-state index is -3.14. The molecule has 0 aliphatic heterocycles. The third-order valence-electron chi connectivity index (χ3n) is 6.21. The van der Waals surface area contributed by atoms with Crippen LogP contribution in [0.1, 0.15) is 17.0 Å². The lowest BCUT2D eigenvalue weighted by Gasteiger charge is -2.23. The molecule has 5 rings (SSSR count). The predicted octanol–water partition coefficient (Wildman–Crippen LogP) is 5.86. The molecule has 1 heterocycles. The van der Waals surface area contributed by atoms with E-state index in [2.05, 4.69) is 25.1 Å². The number of hydrogen-bond donors (Lipinski definition) is 0. The molecule has 0 radical (unpaired) electrons. The minimum Gasteiger partial charge on any atom is -0.309 e. The number of rotatable bonds is 4. The van der Waals surface area contributed by atoms with Crippen molar-refractivity contribution in [2.45, 2.75) is 20.8 Å². The first-order chi connectivity index (χ1) is 16.0. The Morgan fingerprint density at radius 2 is 1.06 bits per heavy atom. The van der Waals surface area contributed by atoms with Gasteiger partial charge in [0.25, 0.3) is 0 Å². The molecule has 33 heavy (non-hydrogen) atoms. The molecule has 3 nitrogen and oxygen atoms in total. The molecular weight excluding hydrogens is 423 g/mol. The number of fused-ring (bicyclic) bond motifs is 1. The summed E-state index contributed by atoms with van der Waals surface area (Å²) in [4.78, 5) is 9.77. The van der Waals surface area contributed by atoms with Crippen LogP contribution in [0.4, 0.5) is 0 Å². The fourth-order valence-electron chi connectivity index (χ4n) is 4.33. The first-order valence-electron chi connectivity index (χ1n) is 11.1. The molecule has 4 heteroatoms. The Labute approximate surface area is 194 Å². The number of aryl methyl sites for hydroxylation is 3. The summed E-state index contributed by atoms with van der Waals surface area (Å²) in [6, 6.07) is 31.7. The Kier molecular flexibility index (Phi) is 5.44. The molecule has 1 aromatic heterocycles. The van der Waals surface area contributed by atoms with Crippen molar-refractivity contribution in [1.29, 1.82) is 0 Å². The standard InChI is InChI=1S/C29H25N2OP/c1-20-18-19-26(29-28(20)30-21(2)22(3)31-29)25-16-10-11-17-27(25)33(32,23-12-6-4-7-13-23)24-14-8-5-9-15-24/h4-19H,1-3H3. The van der Waals surface area contributed by atoms with Crippen LogP contribution in [0.3, 0.4) is 0 Å². The molecule has 0 saturated heterocycles. The van der Waals surface area contributed by atoms with Gasteiger partial charge in [-0.3, -0.25) is 0 Å². The quantitative estimate of drug-likeness (QED) is 0.323. The lowest BCUT2D eigenvalue weighted by molar-refractivity contribution is 0.592. The molecule has 0 saturated carbocycles. The normalized spacial score (nSPS) is 11.6. The van der Waals surface area contributed by atoms with Crippen molar-refractivity contribution < 1.29 is 4.57 Å². The first kappa shape index (κ1) is 21.3. The number of hydrogen-bond acceptors (Lipinski definition) is 3. The maximum atomic E-state index is 15.1. The zero-order chi connectivity index (χ0) is 23.0. The van der Waals surface area contributed by atoms with Crippen LogP contribution in [0.2, 0.25) is 0 Å². The van der Waals surface area contributed by atoms with Gasteiger partial charge in [0.2, 0.25) is 0 Å².